The first-order valence-corrected chi connectivity index (χ1v) is 10.2. The molecular weight excluding hydrogens is 348 g/mol. The van der Waals surface area contributed by atoms with Crippen LogP contribution in [0.5, 0.6) is 0 Å². The maximum absolute atomic E-state index is 12.6. The minimum atomic E-state index is -3.45. The zero-order chi connectivity index (χ0) is 18.6. The van der Waals surface area contributed by atoms with E-state index in [9.17, 15) is 8.42 Å². The Kier molecular flexibility index (Phi) is 5.68. The van der Waals surface area contributed by atoms with Gasteiger partial charge in [-0.3, -0.25) is 5.43 Å². The summed E-state index contributed by atoms with van der Waals surface area (Å²) in [5.74, 6) is 0.508. The highest BCUT2D eigenvalue weighted by atomic mass is 32.2. The summed E-state index contributed by atoms with van der Waals surface area (Å²) in [4.78, 5) is 4.42. The van der Waals surface area contributed by atoms with Crippen LogP contribution in [0.2, 0.25) is 0 Å². The van der Waals surface area contributed by atoms with Gasteiger partial charge in [-0.2, -0.15) is 9.41 Å². The van der Waals surface area contributed by atoms with Crippen LogP contribution in [0.3, 0.4) is 0 Å². The molecule has 6 nitrogen and oxygen atoms in total. The van der Waals surface area contributed by atoms with E-state index in [4.69, 9.17) is 0 Å². The van der Waals surface area contributed by atoms with Gasteiger partial charge in [-0.05, 0) is 44.4 Å². The Hall–Kier alpha value is -2.25. The fraction of sp³-hybridized carbons (Fsp3) is 0.368. The standard InChI is InChI=1S/C19H24N4O2S/c1-15-6-8-17(9-7-15)16(2)21-22-19-11-10-18(14-20-19)26(24,25)23-12-4-3-5-13-23/h6-11,14H,3-5,12-13H2,1-2H3,(H,20,22)/b21-16+. The van der Waals surface area contributed by atoms with Crippen molar-refractivity contribution < 1.29 is 8.42 Å². The normalized spacial score (nSPS) is 16.5. The number of piperidine rings is 1. The molecule has 138 valence electrons. The predicted molar refractivity (Wildman–Crippen MR) is 104 cm³/mol. The number of nitrogens with zero attached hydrogens (tertiary/aromatic N) is 3. The summed E-state index contributed by atoms with van der Waals surface area (Å²) in [7, 11) is -3.45. The lowest BCUT2D eigenvalue weighted by atomic mass is 10.1. The molecule has 0 amide bonds. The summed E-state index contributed by atoms with van der Waals surface area (Å²) >= 11 is 0. The average molecular weight is 372 g/mol. The number of pyridine rings is 1. The molecule has 2 aromatic rings. The van der Waals surface area contributed by atoms with Crippen LogP contribution < -0.4 is 5.43 Å². The number of hydrogen-bond donors (Lipinski definition) is 1. The summed E-state index contributed by atoms with van der Waals surface area (Å²) in [5, 5.41) is 4.32. The Bertz CT molecular complexity index is 869. The third-order valence-electron chi connectivity index (χ3n) is 4.50. The minimum Gasteiger partial charge on any atom is -0.261 e. The SMILES string of the molecule is C/C(=N\Nc1ccc(S(=O)(=O)N2CCCCC2)cn1)c1ccc(C)cc1. The van der Waals surface area contributed by atoms with E-state index in [0.717, 1.165) is 30.5 Å². The van der Waals surface area contributed by atoms with Crippen molar-refractivity contribution in [2.75, 3.05) is 18.5 Å². The average Bonchev–Trinajstić information content (AvgIpc) is 2.67. The van der Waals surface area contributed by atoms with E-state index in [2.05, 4.69) is 15.5 Å². The van der Waals surface area contributed by atoms with Crippen LogP contribution in [0.25, 0.3) is 0 Å². The van der Waals surface area contributed by atoms with Gasteiger partial charge in [0.25, 0.3) is 0 Å². The van der Waals surface area contributed by atoms with Crippen LogP contribution in [0.4, 0.5) is 5.82 Å². The van der Waals surface area contributed by atoms with Gasteiger partial charge < -0.3 is 0 Å². The lowest BCUT2D eigenvalue weighted by Gasteiger charge is -2.25. The van der Waals surface area contributed by atoms with E-state index in [1.807, 2.05) is 38.1 Å². The van der Waals surface area contributed by atoms with Gasteiger partial charge in [0.1, 0.15) is 10.7 Å². The second kappa shape index (κ2) is 7.97. The molecule has 0 radical (unpaired) electrons. The third-order valence-corrected chi connectivity index (χ3v) is 6.38. The second-order valence-corrected chi connectivity index (χ2v) is 8.46. The summed E-state index contributed by atoms with van der Waals surface area (Å²) in [6.07, 6.45) is 4.31. The predicted octanol–water partition coefficient (Wildman–Crippen LogP) is 3.40. The first kappa shape index (κ1) is 18.5. The summed E-state index contributed by atoms with van der Waals surface area (Å²) < 4.78 is 26.8. The largest absolute Gasteiger partial charge is 0.261 e. The van der Waals surface area contributed by atoms with Crippen LogP contribution in [-0.4, -0.2) is 36.5 Å². The Morgan fingerprint density at radius 2 is 1.77 bits per heavy atom. The van der Waals surface area contributed by atoms with E-state index in [1.165, 1.54) is 11.8 Å². The number of benzene rings is 1. The molecule has 1 fully saturated rings. The van der Waals surface area contributed by atoms with Crippen molar-refractivity contribution in [2.24, 2.45) is 5.10 Å². The van der Waals surface area contributed by atoms with Crippen LogP contribution in [0, 0.1) is 6.92 Å². The molecular formula is C19H24N4O2S. The van der Waals surface area contributed by atoms with E-state index in [0.29, 0.717) is 18.9 Å². The number of aryl methyl sites for hydroxylation is 1. The van der Waals surface area contributed by atoms with Gasteiger partial charge in [0.05, 0.1) is 5.71 Å². The Morgan fingerprint density at radius 1 is 1.08 bits per heavy atom. The summed E-state index contributed by atoms with van der Waals surface area (Å²) in [6, 6.07) is 11.3. The maximum atomic E-state index is 12.6. The topological polar surface area (TPSA) is 74.7 Å². The summed E-state index contributed by atoms with van der Waals surface area (Å²) in [5.41, 5.74) is 5.93. The zero-order valence-corrected chi connectivity index (χ0v) is 16.0. The van der Waals surface area contributed by atoms with Crippen molar-refractivity contribution >= 4 is 21.6 Å². The van der Waals surface area contributed by atoms with Gasteiger partial charge in [-0.25, -0.2) is 13.4 Å². The first-order chi connectivity index (χ1) is 12.5. The fourth-order valence-corrected chi connectivity index (χ4v) is 4.32. The zero-order valence-electron chi connectivity index (χ0n) is 15.1. The minimum absolute atomic E-state index is 0.226. The Balaban J connectivity index is 1.69. The second-order valence-electron chi connectivity index (χ2n) is 6.52. The lowest BCUT2D eigenvalue weighted by Crippen LogP contribution is -2.35. The molecule has 1 N–H and O–H groups in total. The molecule has 1 aliphatic heterocycles. The van der Waals surface area contributed by atoms with Crippen LogP contribution in [0.1, 0.15) is 37.3 Å². The van der Waals surface area contributed by atoms with Gasteiger partial charge in [-0.15, -0.1) is 0 Å². The van der Waals surface area contributed by atoms with Gasteiger partial charge in [-0.1, -0.05) is 36.2 Å². The van der Waals surface area contributed by atoms with Crippen molar-refractivity contribution in [3.8, 4) is 0 Å². The van der Waals surface area contributed by atoms with Gasteiger partial charge in [0.15, 0.2) is 0 Å². The van der Waals surface area contributed by atoms with E-state index >= 15 is 0 Å². The highest BCUT2D eigenvalue weighted by Crippen LogP contribution is 2.20. The molecule has 7 heteroatoms. The lowest BCUT2D eigenvalue weighted by molar-refractivity contribution is 0.346. The highest BCUT2D eigenvalue weighted by Gasteiger charge is 2.26. The van der Waals surface area contributed by atoms with Gasteiger partial charge >= 0.3 is 0 Å². The molecule has 1 aromatic heterocycles. The van der Waals surface area contributed by atoms with E-state index in [-0.39, 0.29) is 4.90 Å². The molecule has 1 saturated heterocycles. The number of nitrogens with one attached hydrogen (secondary N) is 1. The number of sulfonamides is 1. The van der Waals surface area contributed by atoms with Crippen LogP contribution >= 0.6 is 0 Å². The maximum Gasteiger partial charge on any atom is 0.244 e. The van der Waals surface area contributed by atoms with Crippen LogP contribution in [0.15, 0.2) is 52.6 Å². The molecule has 0 saturated carbocycles. The summed E-state index contributed by atoms with van der Waals surface area (Å²) in [6.45, 7) is 5.12. The molecule has 0 aliphatic carbocycles. The van der Waals surface area contributed by atoms with Gasteiger partial charge in [0.2, 0.25) is 10.0 Å². The molecule has 1 aliphatic rings. The van der Waals surface area contributed by atoms with Crippen molar-refractivity contribution in [3.05, 3.63) is 53.7 Å². The molecule has 0 unspecified atom stereocenters. The first-order valence-electron chi connectivity index (χ1n) is 8.80. The number of rotatable bonds is 5. The quantitative estimate of drug-likeness (QED) is 0.645. The van der Waals surface area contributed by atoms with E-state index < -0.39 is 10.0 Å². The molecule has 1 aromatic carbocycles. The monoisotopic (exact) mass is 372 g/mol. The Morgan fingerprint density at radius 3 is 2.38 bits per heavy atom. The number of hydrogen-bond acceptors (Lipinski definition) is 5. The molecule has 0 bridgehead atoms. The smallest absolute Gasteiger partial charge is 0.244 e. The molecule has 3 rings (SSSR count). The van der Waals surface area contributed by atoms with Crippen molar-refractivity contribution in [2.45, 2.75) is 38.0 Å². The van der Waals surface area contributed by atoms with Gasteiger partial charge in [0, 0.05) is 19.3 Å². The number of anilines is 1. The van der Waals surface area contributed by atoms with Crippen molar-refractivity contribution in [1.29, 1.82) is 0 Å². The molecule has 0 atom stereocenters. The van der Waals surface area contributed by atoms with E-state index in [1.54, 1.807) is 16.4 Å². The molecule has 2 heterocycles. The molecule has 26 heavy (non-hydrogen) atoms. The fourth-order valence-electron chi connectivity index (χ4n) is 2.85. The Labute approximate surface area is 155 Å². The number of hydrazone groups is 1. The van der Waals surface area contributed by atoms with Crippen LogP contribution in [-0.2, 0) is 10.0 Å². The van der Waals surface area contributed by atoms with Crippen molar-refractivity contribution in [3.63, 3.8) is 0 Å². The third kappa shape index (κ3) is 4.28. The van der Waals surface area contributed by atoms with Crippen molar-refractivity contribution in [1.82, 2.24) is 9.29 Å². The molecule has 0 spiro atoms. The number of aromatic nitrogens is 1. The highest BCUT2D eigenvalue weighted by molar-refractivity contribution is 7.89.